The number of hydrogen-bond donors (Lipinski definition) is 3. The van der Waals surface area contributed by atoms with Crippen LogP contribution in [0.3, 0.4) is 0 Å². The number of rotatable bonds is 3. The van der Waals surface area contributed by atoms with Crippen molar-refractivity contribution >= 4 is 40.9 Å². The Morgan fingerprint density at radius 1 is 1.27 bits per heavy atom. The molecule has 4 N–H and O–H groups in total. The van der Waals surface area contributed by atoms with E-state index in [1.54, 1.807) is 12.1 Å². The first-order chi connectivity index (χ1) is 12.3. The Hall–Kier alpha value is -2.44. The Balaban J connectivity index is 2.25. The number of fused-ring (bicyclic) bond motifs is 1. The molecule has 2 aromatic rings. The lowest BCUT2D eigenvalue weighted by atomic mass is 9.80. The fourth-order valence-electron chi connectivity index (χ4n) is 3.46. The van der Waals surface area contributed by atoms with Crippen molar-refractivity contribution in [1.29, 1.82) is 0 Å². The van der Waals surface area contributed by atoms with Crippen LogP contribution in [-0.2, 0) is 4.79 Å². The van der Waals surface area contributed by atoms with Crippen LogP contribution in [0.15, 0.2) is 36.4 Å². The fourth-order valence-corrected chi connectivity index (χ4v) is 4.07. The van der Waals surface area contributed by atoms with E-state index in [-0.39, 0.29) is 12.3 Å². The van der Waals surface area contributed by atoms with Crippen LogP contribution in [0.4, 0.5) is 10.5 Å². The number of carbonyl (C=O) groups excluding carboxylic acids is 1. The number of nitrogens with two attached hydrogens (primary N) is 1. The lowest BCUT2D eigenvalue weighted by Gasteiger charge is -2.40. The number of primary amides is 1. The number of carbonyl (C=O) groups is 2. The van der Waals surface area contributed by atoms with E-state index in [2.05, 4.69) is 5.43 Å². The Morgan fingerprint density at radius 2 is 1.96 bits per heavy atom. The molecule has 3 rings (SSSR count). The van der Waals surface area contributed by atoms with Crippen LogP contribution in [0, 0.1) is 6.92 Å². The van der Waals surface area contributed by atoms with Crippen LogP contribution in [-0.4, -0.2) is 23.1 Å². The van der Waals surface area contributed by atoms with Gasteiger partial charge in [0.05, 0.1) is 5.69 Å². The van der Waals surface area contributed by atoms with Gasteiger partial charge in [-0.15, -0.1) is 0 Å². The van der Waals surface area contributed by atoms with Crippen molar-refractivity contribution in [2.45, 2.75) is 25.3 Å². The minimum atomic E-state index is -1.08. The molecule has 26 heavy (non-hydrogen) atoms. The third-order valence-electron chi connectivity index (χ3n) is 4.53. The van der Waals surface area contributed by atoms with E-state index >= 15 is 0 Å². The molecule has 6 nitrogen and oxygen atoms in total. The lowest BCUT2D eigenvalue weighted by molar-refractivity contribution is -0.139. The van der Waals surface area contributed by atoms with Gasteiger partial charge in [-0.25, -0.2) is 15.0 Å². The number of urea groups is 1. The Labute approximate surface area is 160 Å². The first kappa shape index (κ1) is 18.4. The topological polar surface area (TPSA) is 95.7 Å². The van der Waals surface area contributed by atoms with E-state index in [4.69, 9.17) is 28.9 Å². The summed E-state index contributed by atoms with van der Waals surface area (Å²) in [4.78, 5) is 23.3. The second-order valence-corrected chi connectivity index (χ2v) is 7.01. The van der Waals surface area contributed by atoms with E-state index in [1.807, 2.05) is 31.2 Å². The van der Waals surface area contributed by atoms with Crippen molar-refractivity contribution in [2.75, 3.05) is 5.01 Å². The molecule has 0 radical (unpaired) electrons. The first-order valence-electron chi connectivity index (χ1n) is 7.92. The van der Waals surface area contributed by atoms with Crippen molar-refractivity contribution in [3.8, 4) is 0 Å². The van der Waals surface area contributed by atoms with Crippen molar-refractivity contribution in [2.24, 2.45) is 5.73 Å². The maximum atomic E-state index is 11.9. The van der Waals surface area contributed by atoms with Crippen LogP contribution < -0.4 is 16.2 Å². The monoisotopic (exact) mass is 393 g/mol. The molecule has 2 amide bonds. The molecule has 0 unspecified atom stereocenters. The highest BCUT2D eigenvalue weighted by Gasteiger charge is 2.40. The summed E-state index contributed by atoms with van der Waals surface area (Å²) in [6.07, 6.45) is 0.217. The number of nitrogens with zero attached hydrogens (tertiary/aromatic N) is 1. The van der Waals surface area contributed by atoms with Crippen LogP contribution in [0.1, 0.15) is 29.0 Å². The lowest BCUT2D eigenvalue weighted by Crippen LogP contribution is -2.56. The van der Waals surface area contributed by atoms with Crippen LogP contribution >= 0.6 is 23.2 Å². The molecule has 0 bridgehead atoms. The molecule has 1 aliphatic heterocycles. The molecule has 8 heteroatoms. The molecule has 0 saturated carbocycles. The van der Waals surface area contributed by atoms with Gasteiger partial charge >= 0.3 is 12.0 Å². The van der Waals surface area contributed by atoms with Crippen molar-refractivity contribution in [3.05, 3.63) is 63.1 Å². The van der Waals surface area contributed by atoms with E-state index in [1.165, 1.54) is 5.01 Å². The third-order valence-corrected chi connectivity index (χ3v) is 5.06. The number of aliphatic carboxylic acids is 1. The summed E-state index contributed by atoms with van der Waals surface area (Å²) < 4.78 is 0. The standard InChI is InChI=1S/C18H17Cl2N3O3/c1-9-4-2-3-5-11(9)12-8-15(17(24)25)23(22-18(21)26)14-7-10(19)6-13(20)16(12)14/h2-7,12,15H,8H2,1H3,(H,24,25)(H3,21,22,26)/t12-,15-/m0/s1. The predicted octanol–water partition coefficient (Wildman–Crippen LogP) is 3.68. The smallest absolute Gasteiger partial charge is 0.331 e. The summed E-state index contributed by atoms with van der Waals surface area (Å²) in [5.74, 6) is -1.35. The number of benzene rings is 2. The van der Waals surface area contributed by atoms with Gasteiger partial charge in [-0.1, -0.05) is 47.5 Å². The maximum absolute atomic E-state index is 11.9. The summed E-state index contributed by atoms with van der Waals surface area (Å²) in [5.41, 5.74) is 10.8. The summed E-state index contributed by atoms with van der Waals surface area (Å²) >= 11 is 12.6. The quantitative estimate of drug-likeness (QED) is 0.740. The van der Waals surface area contributed by atoms with E-state index in [9.17, 15) is 14.7 Å². The van der Waals surface area contributed by atoms with Gasteiger partial charge in [-0.2, -0.15) is 0 Å². The number of amides is 2. The zero-order chi connectivity index (χ0) is 19.0. The van der Waals surface area contributed by atoms with Gasteiger partial charge in [-0.05, 0) is 36.6 Å². The molecule has 136 valence electrons. The van der Waals surface area contributed by atoms with Crippen molar-refractivity contribution in [3.63, 3.8) is 0 Å². The second-order valence-electron chi connectivity index (χ2n) is 6.17. The minimum Gasteiger partial charge on any atom is -0.480 e. The first-order valence-corrected chi connectivity index (χ1v) is 8.67. The normalized spacial score (nSPS) is 19.0. The largest absolute Gasteiger partial charge is 0.480 e. The van der Waals surface area contributed by atoms with Gasteiger partial charge in [0, 0.05) is 21.5 Å². The molecule has 2 atom stereocenters. The van der Waals surface area contributed by atoms with Gasteiger partial charge in [0.15, 0.2) is 0 Å². The van der Waals surface area contributed by atoms with E-state index in [0.717, 1.165) is 11.1 Å². The van der Waals surface area contributed by atoms with Gasteiger partial charge in [-0.3, -0.25) is 5.01 Å². The molecule has 0 spiro atoms. The maximum Gasteiger partial charge on any atom is 0.331 e. The molecule has 0 aliphatic carbocycles. The number of carboxylic acid groups (broad SMARTS) is 1. The summed E-state index contributed by atoms with van der Waals surface area (Å²) in [6.45, 7) is 1.96. The van der Waals surface area contributed by atoms with Gasteiger partial charge in [0.25, 0.3) is 0 Å². The molecule has 0 aromatic heterocycles. The molecule has 2 aromatic carbocycles. The highest BCUT2D eigenvalue weighted by atomic mass is 35.5. The summed E-state index contributed by atoms with van der Waals surface area (Å²) in [6, 6.07) is 9.03. The zero-order valence-corrected chi connectivity index (χ0v) is 15.4. The molecule has 1 heterocycles. The summed E-state index contributed by atoms with van der Waals surface area (Å²) in [7, 11) is 0. The number of aryl methyl sites for hydroxylation is 1. The number of hydrogen-bond acceptors (Lipinski definition) is 3. The van der Waals surface area contributed by atoms with E-state index < -0.39 is 18.0 Å². The van der Waals surface area contributed by atoms with Gasteiger partial charge in [0.1, 0.15) is 6.04 Å². The Kier molecular flexibility index (Phi) is 4.98. The molecular formula is C18H17Cl2N3O3. The van der Waals surface area contributed by atoms with E-state index in [0.29, 0.717) is 21.3 Å². The third kappa shape index (κ3) is 3.30. The molecule has 0 fully saturated rings. The number of nitrogens with one attached hydrogen (secondary N) is 1. The number of carboxylic acids is 1. The van der Waals surface area contributed by atoms with Crippen LogP contribution in [0.25, 0.3) is 0 Å². The fraction of sp³-hybridized carbons (Fsp3) is 0.222. The molecule has 1 aliphatic rings. The molecular weight excluding hydrogens is 377 g/mol. The average molecular weight is 394 g/mol. The summed E-state index contributed by atoms with van der Waals surface area (Å²) in [5, 5.41) is 11.7. The Morgan fingerprint density at radius 3 is 2.58 bits per heavy atom. The second kappa shape index (κ2) is 7.05. The van der Waals surface area contributed by atoms with Crippen LogP contribution in [0.2, 0.25) is 10.0 Å². The predicted molar refractivity (Wildman–Crippen MR) is 101 cm³/mol. The zero-order valence-electron chi connectivity index (χ0n) is 13.9. The van der Waals surface area contributed by atoms with Gasteiger partial charge < -0.3 is 10.8 Å². The van der Waals surface area contributed by atoms with Crippen molar-refractivity contribution < 1.29 is 14.7 Å². The SMILES string of the molecule is Cc1ccccc1[C@@H]1C[C@@H](C(=O)O)N(NC(N)=O)c2cc(Cl)cc(Cl)c21. The molecule has 0 saturated heterocycles. The number of hydrazine groups is 1. The average Bonchev–Trinajstić information content (AvgIpc) is 2.55. The van der Waals surface area contributed by atoms with Crippen LogP contribution in [0.5, 0.6) is 0 Å². The Bertz CT molecular complexity index is 888. The highest BCUT2D eigenvalue weighted by molar-refractivity contribution is 6.35. The van der Waals surface area contributed by atoms with Crippen molar-refractivity contribution in [1.82, 2.24) is 5.43 Å². The van der Waals surface area contributed by atoms with Gasteiger partial charge in [0.2, 0.25) is 0 Å². The minimum absolute atomic E-state index is 0.217. The number of anilines is 1. The highest BCUT2D eigenvalue weighted by Crippen LogP contribution is 2.46. The number of halogens is 2.